The minimum Gasteiger partial charge on any atom is -0.390 e. The van der Waals surface area contributed by atoms with Gasteiger partial charge in [-0.25, -0.2) is 0 Å². The number of rotatable bonds is 8. The van der Waals surface area contributed by atoms with Crippen molar-refractivity contribution in [3.8, 4) is 0 Å². The van der Waals surface area contributed by atoms with E-state index in [0.29, 0.717) is 17.9 Å². The number of hydrogen-bond acceptors (Lipinski definition) is 8. The first-order valence-electron chi connectivity index (χ1n) is 14.3. The van der Waals surface area contributed by atoms with Crippen molar-refractivity contribution in [3.63, 3.8) is 0 Å². The fourth-order valence-electron chi connectivity index (χ4n) is 3.64. The largest absolute Gasteiger partial charge is 0.390 e. The zero-order valence-corrected chi connectivity index (χ0v) is 31.5. The Morgan fingerprint density at radius 1 is 0.641 bits per heavy atom. The summed E-state index contributed by atoms with van der Waals surface area (Å²) in [7, 11) is 16.4. The summed E-state index contributed by atoms with van der Waals surface area (Å²) < 4.78 is 26.3. The Bertz CT molecular complexity index is 591. The van der Waals surface area contributed by atoms with Crippen LogP contribution in [0.3, 0.4) is 0 Å². The third kappa shape index (κ3) is 16.4. The molecule has 2 saturated heterocycles. The first kappa shape index (κ1) is 42.1. The van der Waals surface area contributed by atoms with Crippen molar-refractivity contribution in [1.29, 1.82) is 0 Å². The Morgan fingerprint density at radius 3 is 1.26 bits per heavy atom. The number of aliphatic hydroxyl groups is 1. The average molecular weight is 617 g/mol. The van der Waals surface area contributed by atoms with Gasteiger partial charge in [-0.1, -0.05) is 27.7 Å². The highest BCUT2D eigenvalue weighted by molar-refractivity contribution is 7.53. The third-order valence-electron chi connectivity index (χ3n) is 7.66. The summed E-state index contributed by atoms with van der Waals surface area (Å²) >= 11 is 0. The van der Waals surface area contributed by atoms with Crippen LogP contribution in [0.5, 0.6) is 0 Å². The molecule has 0 aliphatic carbocycles. The molecule has 238 valence electrons. The molecule has 2 rings (SSSR count). The lowest BCUT2D eigenvalue weighted by molar-refractivity contribution is 0.0144. The van der Waals surface area contributed by atoms with Crippen LogP contribution >= 0.6 is 24.6 Å². The van der Waals surface area contributed by atoms with Crippen LogP contribution in [0.25, 0.3) is 0 Å². The number of ether oxygens (including phenoxy) is 2. The van der Waals surface area contributed by atoms with E-state index in [9.17, 15) is 5.11 Å². The quantitative estimate of drug-likeness (QED) is 0.326. The molecular weight excluding hydrogens is 549 g/mol. The molecule has 0 aromatic carbocycles. The summed E-state index contributed by atoms with van der Waals surface area (Å²) in [5, 5.41) is 9.50. The zero-order valence-electron chi connectivity index (χ0n) is 28.8. The summed E-state index contributed by atoms with van der Waals surface area (Å²) in [6, 6.07) is 0. The maximum Gasteiger partial charge on any atom is 0.101 e. The highest BCUT2D eigenvalue weighted by atomic mass is 31.2. The molecule has 0 aromatic rings. The third-order valence-corrected chi connectivity index (χ3v) is 13.3. The van der Waals surface area contributed by atoms with Gasteiger partial charge in [0.25, 0.3) is 0 Å². The van der Waals surface area contributed by atoms with E-state index in [1.807, 2.05) is 20.8 Å². The molecule has 2 aliphatic heterocycles. The van der Waals surface area contributed by atoms with Crippen LogP contribution in [0.1, 0.15) is 54.4 Å². The van der Waals surface area contributed by atoms with Gasteiger partial charge in [0.05, 0.1) is 36.6 Å². The fourth-order valence-corrected chi connectivity index (χ4v) is 5.22. The molecular formula is C28H67N4O4P3. The molecule has 0 saturated carbocycles. The summed E-state index contributed by atoms with van der Waals surface area (Å²) in [5.41, 5.74) is 0. The Balaban J connectivity index is 0. The van der Waals surface area contributed by atoms with E-state index in [1.54, 1.807) is 0 Å². The van der Waals surface area contributed by atoms with Gasteiger partial charge >= 0.3 is 0 Å². The molecule has 2 heterocycles. The molecule has 0 bridgehead atoms. The molecule has 2 fully saturated rings. The molecule has 0 radical (unpaired) electrons. The summed E-state index contributed by atoms with van der Waals surface area (Å²) in [4.78, 5) is 0. The number of hydrogen-bond donors (Lipinski definition) is 1. The lowest BCUT2D eigenvalue weighted by Gasteiger charge is -2.27. The van der Waals surface area contributed by atoms with Crippen molar-refractivity contribution in [2.24, 2.45) is 11.8 Å². The highest BCUT2D eigenvalue weighted by Crippen LogP contribution is 2.42. The van der Waals surface area contributed by atoms with Crippen molar-refractivity contribution in [1.82, 2.24) is 18.7 Å². The normalized spacial score (nSPS) is 31.3. The SMILES string of the molecule is CC[C@H]1O[C@@H](C)[C@@H](C)C1O.CC[C@H]1O[C@@H](C)[C@@H](C)C1OP(C)N(C)C.CN(C)P(C)C.CN(C)P(C)N(C)C. The Kier molecular flexibility index (Phi) is 23.3. The zero-order chi connectivity index (χ0) is 31.2. The van der Waals surface area contributed by atoms with Gasteiger partial charge in [-0.05, 0) is 118 Å². The van der Waals surface area contributed by atoms with Gasteiger partial charge in [0, 0.05) is 20.1 Å². The predicted octanol–water partition coefficient (Wildman–Crippen LogP) is 6.14. The van der Waals surface area contributed by atoms with Gasteiger partial charge in [-0.2, -0.15) is 0 Å². The van der Waals surface area contributed by atoms with Crippen molar-refractivity contribution in [3.05, 3.63) is 0 Å². The van der Waals surface area contributed by atoms with Crippen molar-refractivity contribution >= 4 is 24.6 Å². The van der Waals surface area contributed by atoms with E-state index >= 15 is 0 Å². The van der Waals surface area contributed by atoms with E-state index < -0.39 is 8.30 Å². The van der Waals surface area contributed by atoms with Crippen LogP contribution in [0.4, 0.5) is 0 Å². The van der Waals surface area contributed by atoms with Crippen LogP contribution in [0, 0.1) is 11.8 Å². The topological polar surface area (TPSA) is 60.9 Å². The second-order valence-electron chi connectivity index (χ2n) is 11.5. The molecule has 8 nitrogen and oxygen atoms in total. The van der Waals surface area contributed by atoms with Crippen LogP contribution in [-0.2, 0) is 14.0 Å². The van der Waals surface area contributed by atoms with Gasteiger partial charge in [-0.15, -0.1) is 0 Å². The Morgan fingerprint density at radius 2 is 1.03 bits per heavy atom. The Hall–Kier alpha value is 0.970. The second-order valence-corrected chi connectivity index (χ2v) is 18.6. The van der Waals surface area contributed by atoms with Crippen LogP contribution < -0.4 is 0 Å². The summed E-state index contributed by atoms with van der Waals surface area (Å²) in [6.45, 7) is 21.5. The average Bonchev–Trinajstić information content (AvgIpc) is 3.28. The minimum absolute atomic E-state index is 0.0319. The van der Waals surface area contributed by atoms with Crippen molar-refractivity contribution < 1.29 is 19.1 Å². The minimum atomic E-state index is -0.475. The Labute approximate surface area is 248 Å². The first-order chi connectivity index (χ1) is 17.8. The van der Waals surface area contributed by atoms with E-state index in [4.69, 9.17) is 14.0 Å². The van der Waals surface area contributed by atoms with E-state index in [1.165, 1.54) is 0 Å². The monoisotopic (exact) mass is 616 g/mol. The summed E-state index contributed by atoms with van der Waals surface area (Å²) in [6.07, 6.45) is 2.87. The molecule has 0 spiro atoms. The highest BCUT2D eigenvalue weighted by Gasteiger charge is 2.40. The maximum absolute atomic E-state index is 9.50. The maximum atomic E-state index is 9.50. The second kappa shape index (κ2) is 21.6. The van der Waals surface area contributed by atoms with Crippen LogP contribution in [-0.4, -0.2) is 143 Å². The van der Waals surface area contributed by atoms with Crippen molar-refractivity contribution in [2.45, 2.75) is 91.0 Å². The number of aliphatic hydroxyl groups excluding tert-OH is 1. The molecule has 0 aromatic heterocycles. The van der Waals surface area contributed by atoms with Gasteiger partial charge in [0.2, 0.25) is 0 Å². The predicted molar refractivity (Wildman–Crippen MR) is 178 cm³/mol. The van der Waals surface area contributed by atoms with Gasteiger partial charge in [-0.3, -0.25) is 18.7 Å². The molecule has 9 atom stereocenters. The molecule has 1 N–H and O–H groups in total. The molecule has 11 heteroatoms. The van der Waals surface area contributed by atoms with Crippen LogP contribution in [0.2, 0.25) is 0 Å². The van der Waals surface area contributed by atoms with Gasteiger partial charge < -0.3 is 19.1 Å². The van der Waals surface area contributed by atoms with E-state index in [-0.39, 0.29) is 46.8 Å². The standard InChI is InChI=1S/C11H24NO2P.C8H16O2.C5H15N2P.C4H12NP/c1-7-10-11(8(2)9(3)13-10)14-15(6)12(4)5;1-4-7-8(9)5(2)6(3)10-7;1-6(2)8(5)7(3)4;1-5(2)6(3)4/h8-11H,7H2,1-6H3;5-9H,4H2,1-3H3;1-5H3;1-4H3/t8-,9+,10-,11?,15?;5-,6+,7-,8?;;/m11../s1. The molecule has 39 heavy (non-hydrogen) atoms. The smallest absolute Gasteiger partial charge is 0.101 e. The molecule has 0 amide bonds. The van der Waals surface area contributed by atoms with Crippen LogP contribution in [0.15, 0.2) is 0 Å². The molecule has 2 aliphatic rings. The van der Waals surface area contributed by atoms with Crippen molar-refractivity contribution in [2.75, 3.05) is 83.0 Å². The van der Waals surface area contributed by atoms with E-state index in [0.717, 1.165) is 12.8 Å². The first-order valence-corrected chi connectivity index (χ1v) is 19.9. The lowest BCUT2D eigenvalue weighted by atomic mass is 9.98. The summed E-state index contributed by atoms with van der Waals surface area (Å²) in [5.74, 6) is 0.796. The van der Waals surface area contributed by atoms with Gasteiger partial charge in [0.1, 0.15) is 8.30 Å². The lowest BCUT2D eigenvalue weighted by Crippen LogP contribution is -2.28. The van der Waals surface area contributed by atoms with Gasteiger partial charge in [0.15, 0.2) is 0 Å². The number of nitrogens with zero attached hydrogens (tertiary/aromatic N) is 4. The van der Waals surface area contributed by atoms with E-state index in [2.05, 4.69) is 122 Å². The fraction of sp³-hybridized carbons (Fsp3) is 1.00. The molecule has 3 unspecified atom stereocenters.